The number of ether oxygens (including phenoxy) is 1. The summed E-state index contributed by atoms with van der Waals surface area (Å²) in [5.41, 5.74) is 1.32. The van der Waals surface area contributed by atoms with Crippen LogP contribution in [0.2, 0.25) is 0 Å². The summed E-state index contributed by atoms with van der Waals surface area (Å²) in [5.74, 6) is 0. The summed E-state index contributed by atoms with van der Waals surface area (Å²) in [6.07, 6.45) is 2.46. The quantitative estimate of drug-likeness (QED) is 0.759. The summed E-state index contributed by atoms with van der Waals surface area (Å²) >= 11 is 0. The molecule has 114 valence electrons. The molecule has 2 atom stereocenters. The zero-order chi connectivity index (χ0) is 15.1. The van der Waals surface area contributed by atoms with Crippen LogP contribution in [-0.2, 0) is 4.74 Å². The molecule has 1 N–H and O–H groups in total. The van der Waals surface area contributed by atoms with Crippen molar-refractivity contribution in [3.8, 4) is 0 Å². The van der Waals surface area contributed by atoms with Crippen molar-refractivity contribution in [3.05, 3.63) is 48.0 Å². The summed E-state index contributed by atoms with van der Waals surface area (Å²) in [6.45, 7) is 8.16. The third-order valence-electron chi connectivity index (χ3n) is 3.88. The van der Waals surface area contributed by atoms with Crippen LogP contribution in [0.5, 0.6) is 0 Å². The molecule has 2 aromatic carbocycles. The molecule has 0 aliphatic rings. The monoisotopic (exact) mass is 285 g/mol. The highest BCUT2D eigenvalue weighted by Crippen LogP contribution is 2.26. The molecule has 0 bridgehead atoms. The van der Waals surface area contributed by atoms with Gasteiger partial charge in [0.1, 0.15) is 0 Å². The Kier molecular flexibility index (Phi) is 6.21. The SMILES string of the molecule is CCCC(OCC)C(NCC)c1ccc2ccccc2c1. The Labute approximate surface area is 128 Å². The molecular formula is C19H27NO. The molecule has 0 saturated carbocycles. The Morgan fingerprint density at radius 2 is 1.76 bits per heavy atom. The topological polar surface area (TPSA) is 21.3 Å². The third kappa shape index (κ3) is 4.05. The number of hydrogen-bond acceptors (Lipinski definition) is 2. The lowest BCUT2D eigenvalue weighted by molar-refractivity contribution is 0.0280. The molecule has 0 aromatic heterocycles. The van der Waals surface area contributed by atoms with Gasteiger partial charge < -0.3 is 10.1 Å². The minimum Gasteiger partial charge on any atom is -0.377 e. The predicted octanol–water partition coefficient (Wildman–Crippen LogP) is 4.70. The van der Waals surface area contributed by atoms with Crippen LogP contribution in [-0.4, -0.2) is 19.3 Å². The van der Waals surface area contributed by atoms with Gasteiger partial charge in [-0.1, -0.05) is 56.7 Å². The Hall–Kier alpha value is -1.38. The minimum atomic E-state index is 0.237. The highest BCUT2D eigenvalue weighted by Gasteiger charge is 2.22. The molecule has 0 amide bonds. The first kappa shape index (κ1) is 16.0. The van der Waals surface area contributed by atoms with Crippen LogP contribution in [0.25, 0.3) is 10.8 Å². The average molecular weight is 285 g/mol. The number of fused-ring (bicyclic) bond motifs is 1. The maximum Gasteiger partial charge on any atom is 0.0769 e. The van der Waals surface area contributed by atoms with E-state index in [4.69, 9.17) is 4.74 Å². The van der Waals surface area contributed by atoms with Gasteiger partial charge in [-0.15, -0.1) is 0 Å². The molecule has 2 heteroatoms. The van der Waals surface area contributed by atoms with Gasteiger partial charge in [0.05, 0.1) is 12.1 Å². The van der Waals surface area contributed by atoms with Gasteiger partial charge in [0.2, 0.25) is 0 Å². The Morgan fingerprint density at radius 3 is 2.43 bits per heavy atom. The van der Waals surface area contributed by atoms with Gasteiger partial charge in [-0.3, -0.25) is 0 Å². The van der Waals surface area contributed by atoms with Crippen LogP contribution < -0.4 is 5.32 Å². The van der Waals surface area contributed by atoms with Crippen LogP contribution in [0.15, 0.2) is 42.5 Å². The molecule has 0 aliphatic carbocycles. The fourth-order valence-electron chi connectivity index (χ4n) is 2.93. The van der Waals surface area contributed by atoms with Crippen LogP contribution in [0.3, 0.4) is 0 Å². The molecule has 2 unspecified atom stereocenters. The van der Waals surface area contributed by atoms with E-state index in [1.807, 2.05) is 0 Å². The molecule has 0 saturated heterocycles. The molecule has 2 aromatic rings. The number of likely N-dealkylation sites (N-methyl/N-ethyl adjacent to an activating group) is 1. The van der Waals surface area contributed by atoms with Crippen molar-refractivity contribution in [1.82, 2.24) is 5.32 Å². The maximum atomic E-state index is 6.00. The average Bonchev–Trinajstić information content (AvgIpc) is 2.52. The van der Waals surface area contributed by atoms with E-state index in [2.05, 4.69) is 68.6 Å². The molecule has 0 spiro atoms. The van der Waals surface area contributed by atoms with E-state index in [-0.39, 0.29) is 12.1 Å². The second kappa shape index (κ2) is 8.16. The Bertz CT molecular complexity index is 546. The van der Waals surface area contributed by atoms with Crippen molar-refractivity contribution < 1.29 is 4.74 Å². The molecule has 2 rings (SSSR count). The first-order valence-electron chi connectivity index (χ1n) is 8.13. The largest absolute Gasteiger partial charge is 0.377 e. The molecular weight excluding hydrogens is 258 g/mol. The zero-order valence-electron chi connectivity index (χ0n) is 13.4. The summed E-state index contributed by atoms with van der Waals surface area (Å²) < 4.78 is 6.00. The Morgan fingerprint density at radius 1 is 1.00 bits per heavy atom. The van der Waals surface area contributed by atoms with Gasteiger partial charge in [-0.05, 0) is 42.3 Å². The van der Waals surface area contributed by atoms with Gasteiger partial charge in [-0.25, -0.2) is 0 Å². The van der Waals surface area contributed by atoms with E-state index in [0.717, 1.165) is 26.0 Å². The van der Waals surface area contributed by atoms with Crippen molar-refractivity contribution in [1.29, 1.82) is 0 Å². The van der Waals surface area contributed by atoms with Gasteiger partial charge in [0.25, 0.3) is 0 Å². The standard InChI is InChI=1S/C19H27NO/c1-4-9-18(21-6-3)19(20-5-2)17-13-12-15-10-7-8-11-16(15)14-17/h7-8,10-14,18-20H,4-6,9H2,1-3H3. The van der Waals surface area contributed by atoms with Crippen molar-refractivity contribution >= 4 is 10.8 Å². The summed E-state index contributed by atoms with van der Waals surface area (Å²) in [4.78, 5) is 0. The van der Waals surface area contributed by atoms with Gasteiger partial charge in [0, 0.05) is 6.61 Å². The van der Waals surface area contributed by atoms with E-state index in [9.17, 15) is 0 Å². The molecule has 21 heavy (non-hydrogen) atoms. The summed E-state index contributed by atoms with van der Waals surface area (Å²) in [6, 6.07) is 15.5. The normalized spacial score (nSPS) is 14.2. The molecule has 0 aliphatic heterocycles. The lowest BCUT2D eigenvalue weighted by atomic mass is 9.95. The highest BCUT2D eigenvalue weighted by atomic mass is 16.5. The molecule has 2 nitrogen and oxygen atoms in total. The predicted molar refractivity (Wildman–Crippen MR) is 90.7 cm³/mol. The van der Waals surface area contributed by atoms with E-state index in [1.54, 1.807) is 0 Å². The smallest absolute Gasteiger partial charge is 0.0769 e. The first-order chi connectivity index (χ1) is 10.3. The van der Waals surface area contributed by atoms with Gasteiger partial charge >= 0.3 is 0 Å². The van der Waals surface area contributed by atoms with Crippen LogP contribution in [0, 0.1) is 0 Å². The summed E-state index contributed by atoms with van der Waals surface area (Å²) in [7, 11) is 0. The van der Waals surface area contributed by atoms with E-state index < -0.39 is 0 Å². The van der Waals surface area contributed by atoms with Gasteiger partial charge in [-0.2, -0.15) is 0 Å². The third-order valence-corrected chi connectivity index (χ3v) is 3.88. The van der Waals surface area contributed by atoms with Crippen molar-refractivity contribution in [2.45, 2.75) is 45.8 Å². The van der Waals surface area contributed by atoms with E-state index in [0.29, 0.717) is 0 Å². The summed E-state index contributed by atoms with van der Waals surface area (Å²) in [5, 5.41) is 6.20. The number of rotatable bonds is 8. The zero-order valence-corrected chi connectivity index (χ0v) is 13.4. The molecule has 0 radical (unpaired) electrons. The fourth-order valence-corrected chi connectivity index (χ4v) is 2.93. The fraction of sp³-hybridized carbons (Fsp3) is 0.474. The highest BCUT2D eigenvalue weighted by molar-refractivity contribution is 5.83. The lowest BCUT2D eigenvalue weighted by Gasteiger charge is -2.28. The van der Waals surface area contributed by atoms with Crippen molar-refractivity contribution in [3.63, 3.8) is 0 Å². The number of hydrogen-bond donors (Lipinski definition) is 1. The van der Waals surface area contributed by atoms with E-state index in [1.165, 1.54) is 16.3 Å². The number of nitrogens with one attached hydrogen (secondary N) is 1. The Balaban J connectivity index is 2.33. The lowest BCUT2D eigenvalue weighted by Crippen LogP contribution is -2.34. The van der Waals surface area contributed by atoms with Gasteiger partial charge in [0.15, 0.2) is 0 Å². The van der Waals surface area contributed by atoms with E-state index >= 15 is 0 Å². The minimum absolute atomic E-state index is 0.237. The maximum absolute atomic E-state index is 6.00. The van der Waals surface area contributed by atoms with Crippen LogP contribution in [0.1, 0.15) is 45.2 Å². The van der Waals surface area contributed by atoms with Crippen molar-refractivity contribution in [2.24, 2.45) is 0 Å². The van der Waals surface area contributed by atoms with Crippen LogP contribution in [0.4, 0.5) is 0 Å². The second-order valence-corrected chi connectivity index (χ2v) is 5.42. The molecule has 0 heterocycles. The first-order valence-corrected chi connectivity index (χ1v) is 8.13. The molecule has 0 fully saturated rings. The second-order valence-electron chi connectivity index (χ2n) is 5.42. The van der Waals surface area contributed by atoms with Crippen LogP contribution >= 0.6 is 0 Å². The number of benzene rings is 2. The van der Waals surface area contributed by atoms with Crippen molar-refractivity contribution in [2.75, 3.05) is 13.2 Å².